The zero-order valence-electron chi connectivity index (χ0n) is 18.2. The van der Waals surface area contributed by atoms with Crippen molar-refractivity contribution >= 4 is 11.9 Å². The summed E-state index contributed by atoms with van der Waals surface area (Å²) in [5.74, 6) is -0.00400. The standard InChI is InChI=1S/C22H40O4/c1-17(15-21(3,4)5)11-13-25-19(23)9-10-20(24)26-14-12-18(2)16-22(6,7)8/h9-10,17-18H,11-16H2,1-8H3/b10-9+. The number of hydrogen-bond donors (Lipinski definition) is 0. The predicted molar refractivity (Wildman–Crippen MR) is 107 cm³/mol. The van der Waals surface area contributed by atoms with Gasteiger partial charge in [0.15, 0.2) is 0 Å². The molecule has 0 aromatic carbocycles. The van der Waals surface area contributed by atoms with Crippen LogP contribution in [0, 0.1) is 22.7 Å². The van der Waals surface area contributed by atoms with Gasteiger partial charge in [0.1, 0.15) is 0 Å². The molecular formula is C22H40O4. The topological polar surface area (TPSA) is 52.6 Å². The molecule has 0 saturated heterocycles. The minimum Gasteiger partial charge on any atom is -0.463 e. The fraction of sp³-hybridized carbons (Fsp3) is 0.818. The molecule has 0 fully saturated rings. The molecule has 0 amide bonds. The number of ether oxygens (including phenoxy) is 2. The van der Waals surface area contributed by atoms with E-state index in [9.17, 15) is 9.59 Å². The van der Waals surface area contributed by atoms with Crippen molar-refractivity contribution in [2.24, 2.45) is 22.7 Å². The van der Waals surface area contributed by atoms with E-state index in [0.29, 0.717) is 25.0 Å². The van der Waals surface area contributed by atoms with Crippen LogP contribution in [-0.2, 0) is 19.1 Å². The highest BCUT2D eigenvalue weighted by molar-refractivity contribution is 5.91. The quantitative estimate of drug-likeness (QED) is 0.374. The maximum Gasteiger partial charge on any atom is 0.331 e. The van der Waals surface area contributed by atoms with Crippen molar-refractivity contribution in [1.29, 1.82) is 0 Å². The van der Waals surface area contributed by atoms with Crippen LogP contribution < -0.4 is 0 Å². The van der Waals surface area contributed by atoms with Gasteiger partial charge in [0.2, 0.25) is 0 Å². The Morgan fingerprint density at radius 3 is 1.31 bits per heavy atom. The first-order chi connectivity index (χ1) is 11.8. The van der Waals surface area contributed by atoms with Crippen LogP contribution >= 0.6 is 0 Å². The number of esters is 2. The van der Waals surface area contributed by atoms with Crippen molar-refractivity contribution in [2.45, 2.75) is 81.1 Å². The summed E-state index contributed by atoms with van der Waals surface area (Å²) in [7, 11) is 0. The van der Waals surface area contributed by atoms with Crippen LogP contribution in [0.15, 0.2) is 12.2 Å². The molecule has 152 valence electrons. The van der Waals surface area contributed by atoms with Crippen LogP contribution in [0.4, 0.5) is 0 Å². The van der Waals surface area contributed by atoms with E-state index in [1.165, 1.54) is 0 Å². The number of rotatable bonds is 10. The monoisotopic (exact) mass is 368 g/mol. The summed E-state index contributed by atoms with van der Waals surface area (Å²) in [5, 5.41) is 0. The Morgan fingerprint density at radius 1 is 0.731 bits per heavy atom. The van der Waals surface area contributed by atoms with E-state index in [-0.39, 0.29) is 10.8 Å². The van der Waals surface area contributed by atoms with Gasteiger partial charge < -0.3 is 9.47 Å². The lowest BCUT2D eigenvalue weighted by atomic mass is 9.84. The second-order valence-electron chi connectivity index (χ2n) is 9.99. The van der Waals surface area contributed by atoms with Crippen LogP contribution in [0.2, 0.25) is 0 Å². The van der Waals surface area contributed by atoms with Gasteiger partial charge in [-0.2, -0.15) is 0 Å². The molecule has 2 unspecified atom stereocenters. The number of carbonyl (C=O) groups is 2. The molecule has 4 heteroatoms. The molecule has 0 heterocycles. The van der Waals surface area contributed by atoms with Crippen molar-refractivity contribution in [3.8, 4) is 0 Å². The molecular weight excluding hydrogens is 328 g/mol. The van der Waals surface area contributed by atoms with Gasteiger partial charge in [-0.3, -0.25) is 0 Å². The Balaban J connectivity index is 3.94. The second-order valence-corrected chi connectivity index (χ2v) is 9.99. The van der Waals surface area contributed by atoms with E-state index < -0.39 is 11.9 Å². The molecule has 0 spiro atoms. The first kappa shape index (κ1) is 24.7. The van der Waals surface area contributed by atoms with Crippen molar-refractivity contribution in [3.63, 3.8) is 0 Å². The van der Waals surface area contributed by atoms with E-state index in [0.717, 1.165) is 37.8 Å². The Hall–Kier alpha value is -1.32. The van der Waals surface area contributed by atoms with Gasteiger partial charge in [-0.05, 0) is 48.3 Å². The van der Waals surface area contributed by atoms with E-state index in [1.54, 1.807) is 0 Å². The molecule has 0 saturated carbocycles. The predicted octanol–water partition coefficient (Wildman–Crippen LogP) is 5.55. The van der Waals surface area contributed by atoms with E-state index in [4.69, 9.17) is 9.47 Å². The molecule has 0 aromatic rings. The minimum atomic E-state index is -0.494. The molecule has 0 rings (SSSR count). The lowest BCUT2D eigenvalue weighted by Gasteiger charge is -2.23. The molecule has 0 aromatic heterocycles. The maximum atomic E-state index is 11.6. The SMILES string of the molecule is CC(CCOC(=O)/C=C/C(=O)OCCC(C)CC(C)(C)C)CC(C)(C)C. The van der Waals surface area contributed by atoms with E-state index in [1.807, 2.05) is 0 Å². The van der Waals surface area contributed by atoms with Gasteiger partial charge in [-0.1, -0.05) is 55.4 Å². The lowest BCUT2D eigenvalue weighted by Crippen LogP contribution is -2.14. The summed E-state index contributed by atoms with van der Waals surface area (Å²) in [6, 6.07) is 0. The number of carbonyl (C=O) groups excluding carboxylic acids is 2. The van der Waals surface area contributed by atoms with Crippen molar-refractivity contribution in [3.05, 3.63) is 12.2 Å². The molecule has 0 aliphatic heterocycles. The molecule has 0 bridgehead atoms. The summed E-state index contributed by atoms with van der Waals surface area (Å²) >= 11 is 0. The maximum absolute atomic E-state index is 11.6. The van der Waals surface area contributed by atoms with Gasteiger partial charge in [0.25, 0.3) is 0 Å². The van der Waals surface area contributed by atoms with Crippen LogP contribution in [-0.4, -0.2) is 25.2 Å². The van der Waals surface area contributed by atoms with Gasteiger partial charge in [-0.25, -0.2) is 9.59 Å². The number of hydrogen-bond acceptors (Lipinski definition) is 4. The fourth-order valence-corrected chi connectivity index (χ4v) is 3.25. The molecule has 0 aliphatic rings. The fourth-order valence-electron chi connectivity index (χ4n) is 3.25. The third kappa shape index (κ3) is 16.2. The average molecular weight is 369 g/mol. The third-order valence-electron chi connectivity index (χ3n) is 3.99. The third-order valence-corrected chi connectivity index (χ3v) is 3.99. The summed E-state index contributed by atoms with van der Waals surface area (Å²) in [6.07, 6.45) is 6.12. The van der Waals surface area contributed by atoms with Crippen LogP contribution in [0.1, 0.15) is 81.1 Å². The largest absolute Gasteiger partial charge is 0.463 e. The first-order valence-electron chi connectivity index (χ1n) is 9.80. The minimum absolute atomic E-state index is 0.275. The summed E-state index contributed by atoms with van der Waals surface area (Å²) in [6.45, 7) is 18.3. The molecule has 26 heavy (non-hydrogen) atoms. The van der Waals surface area contributed by atoms with Crippen molar-refractivity contribution in [2.75, 3.05) is 13.2 Å². The average Bonchev–Trinajstić information content (AvgIpc) is 2.41. The summed E-state index contributed by atoms with van der Waals surface area (Å²) < 4.78 is 10.3. The molecule has 0 N–H and O–H groups in total. The summed E-state index contributed by atoms with van der Waals surface area (Å²) in [5.41, 5.74) is 0.551. The Morgan fingerprint density at radius 2 is 1.04 bits per heavy atom. The van der Waals surface area contributed by atoms with Crippen molar-refractivity contribution < 1.29 is 19.1 Å². The first-order valence-corrected chi connectivity index (χ1v) is 9.80. The van der Waals surface area contributed by atoms with Gasteiger partial charge in [0, 0.05) is 12.2 Å². The van der Waals surface area contributed by atoms with Gasteiger partial charge in [0.05, 0.1) is 13.2 Å². The molecule has 0 aliphatic carbocycles. The molecule has 2 atom stereocenters. The van der Waals surface area contributed by atoms with Gasteiger partial charge in [-0.15, -0.1) is 0 Å². The smallest absolute Gasteiger partial charge is 0.331 e. The zero-order valence-corrected chi connectivity index (χ0v) is 18.2. The van der Waals surface area contributed by atoms with Crippen LogP contribution in [0.25, 0.3) is 0 Å². The van der Waals surface area contributed by atoms with E-state index in [2.05, 4.69) is 55.4 Å². The zero-order chi connectivity index (χ0) is 20.4. The highest BCUT2D eigenvalue weighted by Crippen LogP contribution is 2.26. The molecule has 0 radical (unpaired) electrons. The van der Waals surface area contributed by atoms with Crippen LogP contribution in [0.3, 0.4) is 0 Å². The normalized spacial score (nSPS) is 14.9. The second kappa shape index (κ2) is 11.4. The Kier molecular flexibility index (Phi) is 10.8. The van der Waals surface area contributed by atoms with Crippen LogP contribution in [0.5, 0.6) is 0 Å². The Labute approximate surface area is 160 Å². The Bertz CT molecular complexity index is 410. The van der Waals surface area contributed by atoms with Crippen molar-refractivity contribution in [1.82, 2.24) is 0 Å². The highest BCUT2D eigenvalue weighted by atomic mass is 16.5. The van der Waals surface area contributed by atoms with Gasteiger partial charge >= 0.3 is 11.9 Å². The summed E-state index contributed by atoms with van der Waals surface area (Å²) in [4.78, 5) is 23.3. The van der Waals surface area contributed by atoms with E-state index >= 15 is 0 Å². The lowest BCUT2D eigenvalue weighted by molar-refractivity contribution is -0.140. The highest BCUT2D eigenvalue weighted by Gasteiger charge is 2.16. The molecule has 4 nitrogen and oxygen atoms in total.